The fraction of sp³-hybridized carbons (Fsp3) is 0.471. The number of hydrogen-bond donors (Lipinski definition) is 1. The number of nitrogens with one attached hydrogen (secondary N) is 1. The largest absolute Gasteiger partial charge is 0.494 e. The molecule has 9 heteroatoms. The van der Waals surface area contributed by atoms with Gasteiger partial charge in [0.1, 0.15) is 5.82 Å². The van der Waals surface area contributed by atoms with Crippen LogP contribution >= 0.6 is 0 Å². The van der Waals surface area contributed by atoms with Gasteiger partial charge in [-0.05, 0) is 25.6 Å². The highest BCUT2D eigenvalue weighted by Crippen LogP contribution is 2.31. The molecule has 142 valence electrons. The van der Waals surface area contributed by atoms with Gasteiger partial charge in [0, 0.05) is 37.6 Å². The van der Waals surface area contributed by atoms with Gasteiger partial charge in [0.2, 0.25) is 10.0 Å². The number of methoxy groups -OCH3 is 1. The summed E-state index contributed by atoms with van der Waals surface area (Å²) in [7, 11) is -2.48. The SMILES string of the molecule is CCN1CCN(S(=O)(=O)c2ccc(OC)c(F)c2C)CC1c1ncc[nH]1. The van der Waals surface area contributed by atoms with Gasteiger partial charge in [-0.15, -0.1) is 0 Å². The van der Waals surface area contributed by atoms with Crippen LogP contribution in [0.2, 0.25) is 0 Å². The summed E-state index contributed by atoms with van der Waals surface area (Å²) < 4.78 is 47.0. The van der Waals surface area contributed by atoms with E-state index in [1.165, 1.54) is 30.5 Å². The Bertz CT molecular complexity index is 870. The first-order valence-corrected chi connectivity index (χ1v) is 9.90. The predicted molar refractivity (Wildman–Crippen MR) is 95.0 cm³/mol. The van der Waals surface area contributed by atoms with Gasteiger partial charge in [-0.2, -0.15) is 4.31 Å². The highest BCUT2D eigenvalue weighted by Gasteiger charge is 2.36. The summed E-state index contributed by atoms with van der Waals surface area (Å²) in [4.78, 5) is 9.50. The zero-order chi connectivity index (χ0) is 18.9. The van der Waals surface area contributed by atoms with E-state index in [1.807, 2.05) is 6.92 Å². The van der Waals surface area contributed by atoms with Crippen LogP contribution in [-0.4, -0.2) is 60.9 Å². The fourth-order valence-corrected chi connectivity index (χ4v) is 4.98. The standard InChI is InChI=1S/C17H23FN4O3S/c1-4-21-9-10-22(11-13(21)17-19-7-8-20-17)26(23,24)15-6-5-14(25-3)16(18)12(15)2/h5-8,13H,4,9-11H2,1-3H3,(H,19,20). The van der Waals surface area contributed by atoms with Gasteiger partial charge >= 0.3 is 0 Å². The average molecular weight is 382 g/mol. The van der Waals surface area contributed by atoms with E-state index in [2.05, 4.69) is 14.9 Å². The van der Waals surface area contributed by atoms with E-state index in [-0.39, 0.29) is 28.8 Å². The maximum absolute atomic E-state index is 14.3. The van der Waals surface area contributed by atoms with E-state index in [0.717, 1.165) is 12.4 Å². The fourth-order valence-electron chi connectivity index (χ4n) is 3.33. The summed E-state index contributed by atoms with van der Waals surface area (Å²) in [6, 6.07) is 2.59. The Balaban J connectivity index is 1.94. The summed E-state index contributed by atoms with van der Waals surface area (Å²) in [5.74, 6) is 0.110. The summed E-state index contributed by atoms with van der Waals surface area (Å²) in [5, 5.41) is 0. The number of aromatic amines is 1. The van der Waals surface area contributed by atoms with Crippen molar-refractivity contribution < 1.29 is 17.5 Å². The molecule has 1 aliphatic rings. The van der Waals surface area contributed by atoms with Gasteiger partial charge in [-0.1, -0.05) is 6.92 Å². The van der Waals surface area contributed by atoms with E-state index in [0.29, 0.717) is 13.1 Å². The Labute approximate surface area is 152 Å². The molecular weight excluding hydrogens is 359 g/mol. The molecule has 1 N–H and O–H groups in total. The van der Waals surface area contributed by atoms with E-state index < -0.39 is 15.8 Å². The van der Waals surface area contributed by atoms with Crippen LogP contribution in [0.3, 0.4) is 0 Å². The third-order valence-electron chi connectivity index (χ3n) is 4.83. The van der Waals surface area contributed by atoms with Gasteiger partial charge in [0.15, 0.2) is 11.6 Å². The van der Waals surface area contributed by atoms with Crippen molar-refractivity contribution in [2.75, 3.05) is 33.3 Å². The third-order valence-corrected chi connectivity index (χ3v) is 6.84. The number of rotatable bonds is 5. The molecule has 0 radical (unpaired) electrons. The maximum atomic E-state index is 14.3. The molecule has 1 aromatic heterocycles. The van der Waals surface area contributed by atoms with Crippen LogP contribution < -0.4 is 4.74 Å². The molecule has 2 heterocycles. The van der Waals surface area contributed by atoms with Gasteiger partial charge < -0.3 is 9.72 Å². The van der Waals surface area contributed by atoms with Gasteiger partial charge in [0.05, 0.1) is 18.0 Å². The lowest BCUT2D eigenvalue weighted by molar-refractivity contribution is 0.119. The maximum Gasteiger partial charge on any atom is 0.243 e. The molecule has 0 spiro atoms. The van der Waals surface area contributed by atoms with Crippen molar-refractivity contribution in [1.82, 2.24) is 19.2 Å². The molecule has 1 unspecified atom stereocenters. The minimum atomic E-state index is -3.83. The first-order valence-electron chi connectivity index (χ1n) is 8.46. The van der Waals surface area contributed by atoms with Crippen LogP contribution in [0.15, 0.2) is 29.4 Å². The van der Waals surface area contributed by atoms with Crippen LogP contribution in [0.25, 0.3) is 0 Å². The molecule has 1 fully saturated rings. The number of sulfonamides is 1. The second kappa shape index (κ2) is 7.34. The summed E-state index contributed by atoms with van der Waals surface area (Å²) in [6.07, 6.45) is 3.37. The van der Waals surface area contributed by atoms with Crippen LogP contribution in [-0.2, 0) is 10.0 Å². The first kappa shape index (κ1) is 18.8. The molecule has 0 aliphatic carbocycles. The molecule has 1 saturated heterocycles. The molecule has 26 heavy (non-hydrogen) atoms. The summed E-state index contributed by atoms with van der Waals surface area (Å²) >= 11 is 0. The minimum Gasteiger partial charge on any atom is -0.494 e. The lowest BCUT2D eigenvalue weighted by Gasteiger charge is -2.39. The van der Waals surface area contributed by atoms with Gasteiger partial charge in [-0.3, -0.25) is 4.90 Å². The first-order chi connectivity index (χ1) is 12.4. The molecule has 1 aromatic carbocycles. The Morgan fingerprint density at radius 2 is 2.15 bits per heavy atom. The molecule has 0 bridgehead atoms. The van der Waals surface area contributed by atoms with Crippen LogP contribution in [0.4, 0.5) is 4.39 Å². The number of halogens is 1. The smallest absolute Gasteiger partial charge is 0.243 e. The number of aromatic nitrogens is 2. The number of piperazine rings is 1. The minimum absolute atomic E-state index is 0.0288. The van der Waals surface area contributed by atoms with Crippen molar-refractivity contribution >= 4 is 10.0 Å². The summed E-state index contributed by atoms with van der Waals surface area (Å²) in [5.41, 5.74) is 0.0665. The predicted octanol–water partition coefficient (Wildman–Crippen LogP) is 1.93. The van der Waals surface area contributed by atoms with Crippen molar-refractivity contribution in [3.63, 3.8) is 0 Å². The molecule has 0 amide bonds. The third kappa shape index (κ3) is 3.22. The highest BCUT2D eigenvalue weighted by atomic mass is 32.2. The number of H-pyrrole nitrogens is 1. The normalized spacial score (nSPS) is 19.6. The van der Waals surface area contributed by atoms with Crippen LogP contribution in [0, 0.1) is 12.7 Å². The van der Waals surface area contributed by atoms with Crippen molar-refractivity contribution in [1.29, 1.82) is 0 Å². The zero-order valence-corrected chi connectivity index (χ0v) is 15.9. The Morgan fingerprint density at radius 3 is 2.77 bits per heavy atom. The van der Waals surface area contributed by atoms with Crippen molar-refractivity contribution in [2.24, 2.45) is 0 Å². The summed E-state index contributed by atoms with van der Waals surface area (Å²) in [6.45, 7) is 5.46. The molecule has 1 aliphatic heterocycles. The number of likely N-dealkylation sites (N-methyl/N-ethyl adjacent to an activating group) is 1. The lowest BCUT2D eigenvalue weighted by atomic mass is 10.2. The zero-order valence-electron chi connectivity index (χ0n) is 15.1. The number of nitrogens with zero attached hydrogens (tertiary/aromatic N) is 3. The Morgan fingerprint density at radius 1 is 1.38 bits per heavy atom. The molecule has 0 saturated carbocycles. The van der Waals surface area contributed by atoms with Crippen LogP contribution in [0.5, 0.6) is 5.75 Å². The number of hydrogen-bond acceptors (Lipinski definition) is 5. The van der Waals surface area contributed by atoms with E-state index in [4.69, 9.17) is 4.74 Å². The molecule has 7 nitrogen and oxygen atoms in total. The topological polar surface area (TPSA) is 78.5 Å². The monoisotopic (exact) mass is 382 g/mol. The van der Waals surface area contributed by atoms with Crippen LogP contribution in [0.1, 0.15) is 24.4 Å². The van der Waals surface area contributed by atoms with Crippen molar-refractivity contribution in [3.05, 3.63) is 41.7 Å². The van der Waals surface area contributed by atoms with Crippen molar-refractivity contribution in [2.45, 2.75) is 24.8 Å². The molecular formula is C17H23FN4O3S. The lowest BCUT2D eigenvalue weighted by Crippen LogP contribution is -2.50. The van der Waals surface area contributed by atoms with Crippen molar-refractivity contribution in [3.8, 4) is 5.75 Å². The second-order valence-electron chi connectivity index (χ2n) is 6.19. The Kier molecular flexibility index (Phi) is 5.31. The molecule has 1 atom stereocenters. The molecule has 2 aromatic rings. The number of ether oxygens (including phenoxy) is 1. The van der Waals surface area contributed by atoms with E-state index in [1.54, 1.807) is 12.4 Å². The van der Waals surface area contributed by atoms with Gasteiger partial charge in [-0.25, -0.2) is 17.8 Å². The quantitative estimate of drug-likeness (QED) is 0.855. The van der Waals surface area contributed by atoms with Gasteiger partial charge in [0.25, 0.3) is 0 Å². The number of benzene rings is 1. The molecule has 3 rings (SSSR count). The van der Waals surface area contributed by atoms with E-state index >= 15 is 0 Å². The number of imidazole rings is 1. The average Bonchev–Trinajstić information content (AvgIpc) is 3.17. The highest BCUT2D eigenvalue weighted by molar-refractivity contribution is 7.89. The van der Waals surface area contributed by atoms with E-state index in [9.17, 15) is 12.8 Å². The Hall–Kier alpha value is -1.97. The second-order valence-corrected chi connectivity index (χ2v) is 8.09.